The van der Waals surface area contributed by atoms with Crippen LogP contribution >= 0.6 is 11.9 Å². The van der Waals surface area contributed by atoms with E-state index >= 15 is 0 Å². The van der Waals surface area contributed by atoms with Crippen LogP contribution in [-0.2, 0) is 6.54 Å². The molecule has 7 nitrogen and oxygen atoms in total. The number of piperazine rings is 1. The summed E-state index contributed by atoms with van der Waals surface area (Å²) in [4.78, 5) is 11.8. The fourth-order valence-corrected chi connectivity index (χ4v) is 5.07. The SMILES string of the molecule is CCSN(C)c1ccccc1Cn1ccc2cnc(Nc3ccc(N4CCNCC4)cc3)nc21. The molecular weight excluding hydrogens is 442 g/mol. The highest BCUT2D eigenvalue weighted by atomic mass is 32.2. The molecule has 5 rings (SSSR count). The van der Waals surface area contributed by atoms with Gasteiger partial charge in [-0.1, -0.05) is 37.1 Å². The molecule has 4 aromatic rings. The summed E-state index contributed by atoms with van der Waals surface area (Å²) < 4.78 is 4.44. The average Bonchev–Trinajstić information content (AvgIpc) is 3.27. The van der Waals surface area contributed by atoms with Crippen LogP contribution in [0.2, 0.25) is 0 Å². The van der Waals surface area contributed by atoms with Crippen LogP contribution in [-0.4, -0.2) is 53.5 Å². The van der Waals surface area contributed by atoms with Gasteiger partial charge >= 0.3 is 0 Å². The van der Waals surface area contributed by atoms with Crippen molar-refractivity contribution in [1.82, 2.24) is 19.9 Å². The molecule has 2 N–H and O–H groups in total. The first kappa shape index (κ1) is 22.6. The molecule has 1 aliphatic heterocycles. The van der Waals surface area contributed by atoms with Crippen LogP contribution < -0.4 is 19.8 Å². The van der Waals surface area contributed by atoms with Gasteiger partial charge in [0.15, 0.2) is 0 Å². The number of aromatic nitrogens is 3. The summed E-state index contributed by atoms with van der Waals surface area (Å²) in [5.74, 6) is 1.64. The topological polar surface area (TPSA) is 61.3 Å². The number of hydrogen-bond donors (Lipinski definition) is 2. The Balaban J connectivity index is 1.35. The molecule has 2 aromatic heterocycles. The molecule has 0 atom stereocenters. The molecule has 0 amide bonds. The summed E-state index contributed by atoms with van der Waals surface area (Å²) in [5.41, 5.74) is 5.66. The summed E-state index contributed by atoms with van der Waals surface area (Å²) in [7, 11) is 2.12. The Kier molecular flexibility index (Phi) is 6.87. The van der Waals surface area contributed by atoms with Crippen molar-refractivity contribution in [1.29, 1.82) is 0 Å². The predicted octanol–water partition coefficient (Wildman–Crippen LogP) is 4.74. The summed E-state index contributed by atoms with van der Waals surface area (Å²) >= 11 is 1.81. The smallest absolute Gasteiger partial charge is 0.229 e. The van der Waals surface area contributed by atoms with Crippen LogP contribution in [0.3, 0.4) is 0 Å². The Hall–Kier alpha value is -3.23. The van der Waals surface area contributed by atoms with Gasteiger partial charge in [-0.2, -0.15) is 4.98 Å². The van der Waals surface area contributed by atoms with E-state index in [1.807, 2.05) is 18.1 Å². The number of benzene rings is 2. The zero-order chi connectivity index (χ0) is 23.3. The molecule has 3 heterocycles. The molecule has 0 aliphatic carbocycles. The molecule has 2 aromatic carbocycles. The van der Waals surface area contributed by atoms with Gasteiger partial charge in [0.1, 0.15) is 5.65 Å². The number of para-hydroxylation sites is 1. The fraction of sp³-hybridized carbons (Fsp3) is 0.308. The maximum absolute atomic E-state index is 4.85. The third kappa shape index (κ3) is 4.98. The molecule has 176 valence electrons. The van der Waals surface area contributed by atoms with Crippen molar-refractivity contribution in [3.63, 3.8) is 0 Å². The number of hydrogen-bond acceptors (Lipinski definition) is 7. The largest absolute Gasteiger partial charge is 0.369 e. The molecule has 1 aliphatic rings. The first-order valence-corrected chi connectivity index (χ1v) is 12.7. The van der Waals surface area contributed by atoms with Gasteiger partial charge in [0, 0.05) is 68.1 Å². The second-order valence-electron chi connectivity index (χ2n) is 8.37. The minimum Gasteiger partial charge on any atom is -0.369 e. The van der Waals surface area contributed by atoms with Gasteiger partial charge in [0.05, 0.1) is 12.2 Å². The van der Waals surface area contributed by atoms with E-state index < -0.39 is 0 Å². The molecule has 0 saturated carbocycles. The van der Waals surface area contributed by atoms with E-state index in [0.717, 1.165) is 55.2 Å². The van der Waals surface area contributed by atoms with Crippen molar-refractivity contribution >= 4 is 46.0 Å². The van der Waals surface area contributed by atoms with Crippen molar-refractivity contribution in [3.8, 4) is 0 Å². The Morgan fingerprint density at radius 1 is 1.06 bits per heavy atom. The quantitative estimate of drug-likeness (QED) is 0.359. The lowest BCUT2D eigenvalue weighted by Gasteiger charge is -2.29. The number of nitrogens with zero attached hydrogens (tertiary/aromatic N) is 5. The zero-order valence-electron chi connectivity index (χ0n) is 19.7. The van der Waals surface area contributed by atoms with Gasteiger partial charge in [-0.05, 0) is 42.0 Å². The van der Waals surface area contributed by atoms with E-state index in [-0.39, 0.29) is 0 Å². The summed E-state index contributed by atoms with van der Waals surface area (Å²) in [5, 5.41) is 7.81. The van der Waals surface area contributed by atoms with Crippen LogP contribution in [0.1, 0.15) is 12.5 Å². The number of nitrogens with one attached hydrogen (secondary N) is 2. The van der Waals surface area contributed by atoms with E-state index in [4.69, 9.17) is 4.98 Å². The Morgan fingerprint density at radius 2 is 1.85 bits per heavy atom. The van der Waals surface area contributed by atoms with Crippen molar-refractivity contribution in [3.05, 3.63) is 72.6 Å². The molecule has 0 bridgehead atoms. The Labute approximate surface area is 205 Å². The molecule has 0 radical (unpaired) electrons. The lowest BCUT2D eigenvalue weighted by Crippen LogP contribution is -2.43. The Morgan fingerprint density at radius 3 is 2.65 bits per heavy atom. The summed E-state index contributed by atoms with van der Waals surface area (Å²) in [6, 6.07) is 19.2. The van der Waals surface area contributed by atoms with Gasteiger partial charge in [-0.3, -0.25) is 0 Å². The second kappa shape index (κ2) is 10.4. The van der Waals surface area contributed by atoms with E-state index in [0.29, 0.717) is 5.95 Å². The van der Waals surface area contributed by atoms with Crippen molar-refractivity contribution in [2.24, 2.45) is 0 Å². The van der Waals surface area contributed by atoms with Crippen LogP contribution in [0.15, 0.2) is 67.0 Å². The minimum absolute atomic E-state index is 0.606. The average molecular weight is 474 g/mol. The highest BCUT2D eigenvalue weighted by molar-refractivity contribution is 8.00. The Bertz CT molecular complexity index is 1230. The molecule has 34 heavy (non-hydrogen) atoms. The highest BCUT2D eigenvalue weighted by Crippen LogP contribution is 2.27. The molecular formula is C26H31N7S. The zero-order valence-corrected chi connectivity index (χ0v) is 20.6. The van der Waals surface area contributed by atoms with E-state index in [9.17, 15) is 0 Å². The lowest BCUT2D eigenvalue weighted by molar-refractivity contribution is 0.589. The monoisotopic (exact) mass is 473 g/mol. The number of anilines is 4. The summed E-state index contributed by atoms with van der Waals surface area (Å²) in [6.07, 6.45) is 3.98. The van der Waals surface area contributed by atoms with Crippen molar-refractivity contribution in [2.75, 3.05) is 53.5 Å². The molecule has 1 fully saturated rings. The van der Waals surface area contributed by atoms with Crippen LogP contribution in [0.25, 0.3) is 11.0 Å². The third-order valence-electron chi connectivity index (χ3n) is 6.10. The fourth-order valence-electron chi connectivity index (χ4n) is 4.36. The highest BCUT2D eigenvalue weighted by Gasteiger charge is 2.12. The first-order valence-electron chi connectivity index (χ1n) is 11.8. The van der Waals surface area contributed by atoms with Crippen LogP contribution in [0.5, 0.6) is 0 Å². The number of rotatable bonds is 8. The molecule has 1 saturated heterocycles. The predicted molar refractivity (Wildman–Crippen MR) is 144 cm³/mol. The maximum atomic E-state index is 4.85. The summed E-state index contributed by atoms with van der Waals surface area (Å²) in [6.45, 7) is 7.08. The third-order valence-corrected chi connectivity index (χ3v) is 6.94. The van der Waals surface area contributed by atoms with Crippen LogP contribution in [0.4, 0.5) is 23.0 Å². The molecule has 0 unspecified atom stereocenters. The molecule has 8 heteroatoms. The normalized spacial score (nSPS) is 13.9. The van der Waals surface area contributed by atoms with E-state index in [1.54, 1.807) is 0 Å². The standard InChI is InChI=1S/C26H31N7S/c1-3-34-31(2)24-7-5-4-6-21(24)19-33-15-12-20-18-28-26(30-25(20)33)29-22-8-10-23(11-9-22)32-16-13-27-14-17-32/h4-12,15,18,27H,3,13-14,16-17,19H2,1-2H3,(H,28,29,30). The van der Waals surface area contributed by atoms with Gasteiger partial charge in [0.25, 0.3) is 0 Å². The lowest BCUT2D eigenvalue weighted by atomic mass is 10.2. The van der Waals surface area contributed by atoms with E-state index in [2.05, 4.69) is 104 Å². The van der Waals surface area contributed by atoms with E-state index in [1.165, 1.54) is 16.9 Å². The second-order valence-corrected chi connectivity index (χ2v) is 9.75. The van der Waals surface area contributed by atoms with Crippen LogP contribution in [0, 0.1) is 0 Å². The van der Waals surface area contributed by atoms with Crippen molar-refractivity contribution in [2.45, 2.75) is 13.5 Å². The van der Waals surface area contributed by atoms with Crippen molar-refractivity contribution < 1.29 is 0 Å². The first-order chi connectivity index (χ1) is 16.7. The number of fused-ring (bicyclic) bond motifs is 1. The maximum Gasteiger partial charge on any atom is 0.229 e. The van der Waals surface area contributed by atoms with Gasteiger partial charge in [-0.15, -0.1) is 0 Å². The van der Waals surface area contributed by atoms with Gasteiger partial charge < -0.3 is 24.4 Å². The molecule has 0 spiro atoms. The minimum atomic E-state index is 0.606. The van der Waals surface area contributed by atoms with Gasteiger partial charge in [-0.25, -0.2) is 4.98 Å². The van der Waals surface area contributed by atoms with Gasteiger partial charge in [0.2, 0.25) is 5.95 Å².